The molecule has 2 aromatic carbocycles. The first kappa shape index (κ1) is 21.7. The highest BCUT2D eigenvalue weighted by Crippen LogP contribution is 2.29. The van der Waals surface area contributed by atoms with E-state index in [1.807, 2.05) is 18.2 Å². The van der Waals surface area contributed by atoms with E-state index in [9.17, 15) is 0 Å². The van der Waals surface area contributed by atoms with Crippen molar-refractivity contribution in [3.8, 4) is 5.75 Å². The Morgan fingerprint density at radius 3 is 2.74 bits per heavy atom. The Bertz CT molecular complexity index is 1000. The Labute approximate surface area is 189 Å². The van der Waals surface area contributed by atoms with Crippen LogP contribution in [0, 0.1) is 0 Å². The first-order valence-corrected chi connectivity index (χ1v) is 11.8. The van der Waals surface area contributed by atoms with Crippen molar-refractivity contribution in [2.75, 3.05) is 26.7 Å². The highest BCUT2D eigenvalue weighted by molar-refractivity contribution is 7.98. The molecular weight excluding hydrogens is 404 g/mol. The molecule has 1 saturated heterocycles. The molecule has 0 radical (unpaired) electrons. The fourth-order valence-electron chi connectivity index (χ4n) is 4.09. The first-order chi connectivity index (χ1) is 15.2. The van der Waals surface area contributed by atoms with Gasteiger partial charge in [0.15, 0.2) is 5.16 Å². The minimum atomic E-state index is 0.428. The van der Waals surface area contributed by atoms with E-state index in [-0.39, 0.29) is 0 Å². The van der Waals surface area contributed by atoms with Gasteiger partial charge >= 0.3 is 0 Å². The van der Waals surface area contributed by atoms with Crippen LogP contribution in [0.2, 0.25) is 0 Å². The minimum Gasteiger partial charge on any atom is -0.496 e. The molecule has 1 atom stereocenters. The van der Waals surface area contributed by atoms with Gasteiger partial charge in [0.05, 0.1) is 7.11 Å². The van der Waals surface area contributed by atoms with Crippen LogP contribution in [0.5, 0.6) is 5.75 Å². The minimum absolute atomic E-state index is 0.428. The third-order valence-electron chi connectivity index (χ3n) is 5.75. The van der Waals surface area contributed by atoms with Gasteiger partial charge in [-0.15, -0.1) is 10.2 Å². The molecule has 0 N–H and O–H groups in total. The number of piperidine rings is 1. The standard InChI is InChI=1S/C25H30N4OS/c1-28-24(26-27-25(28)31-19-20-10-4-3-5-11-20)22-14-9-17-29(18-22)16-8-13-21-12-6-7-15-23(21)30-2/h3-8,10-13,15,22H,9,14,16-19H2,1-2H3/b13-8+. The number of nitrogens with zero attached hydrogens (tertiary/aromatic N) is 4. The van der Waals surface area contributed by atoms with Crippen LogP contribution in [-0.2, 0) is 12.8 Å². The van der Waals surface area contributed by atoms with Gasteiger partial charge in [-0.3, -0.25) is 4.90 Å². The van der Waals surface area contributed by atoms with E-state index in [0.717, 1.165) is 47.7 Å². The third-order valence-corrected chi connectivity index (χ3v) is 6.84. The molecule has 4 rings (SSSR count). The summed E-state index contributed by atoms with van der Waals surface area (Å²) in [5.74, 6) is 3.36. The van der Waals surface area contributed by atoms with Crippen molar-refractivity contribution in [2.24, 2.45) is 7.05 Å². The lowest BCUT2D eigenvalue weighted by atomic mass is 9.97. The van der Waals surface area contributed by atoms with Crippen molar-refractivity contribution < 1.29 is 4.74 Å². The Morgan fingerprint density at radius 1 is 1.10 bits per heavy atom. The van der Waals surface area contributed by atoms with Gasteiger partial charge in [-0.2, -0.15) is 0 Å². The first-order valence-electron chi connectivity index (χ1n) is 10.8. The SMILES string of the molecule is COc1ccccc1/C=C/CN1CCCC(c2nnc(SCc3ccccc3)n2C)C1. The number of ether oxygens (including phenoxy) is 1. The van der Waals surface area contributed by atoms with Crippen molar-refractivity contribution in [1.29, 1.82) is 0 Å². The van der Waals surface area contributed by atoms with Crippen LogP contribution in [0.3, 0.4) is 0 Å². The van der Waals surface area contributed by atoms with Crippen LogP contribution in [-0.4, -0.2) is 46.4 Å². The van der Waals surface area contributed by atoms with E-state index < -0.39 is 0 Å². The molecule has 1 aliphatic heterocycles. The van der Waals surface area contributed by atoms with Crippen LogP contribution >= 0.6 is 11.8 Å². The molecule has 1 unspecified atom stereocenters. The van der Waals surface area contributed by atoms with E-state index in [1.165, 1.54) is 18.4 Å². The number of para-hydroxylation sites is 1. The summed E-state index contributed by atoms with van der Waals surface area (Å²) in [5, 5.41) is 10.0. The van der Waals surface area contributed by atoms with Crippen molar-refractivity contribution >= 4 is 17.8 Å². The Morgan fingerprint density at radius 2 is 1.90 bits per heavy atom. The van der Waals surface area contributed by atoms with Crippen molar-refractivity contribution in [3.05, 3.63) is 77.6 Å². The second kappa shape index (κ2) is 10.6. The highest BCUT2D eigenvalue weighted by atomic mass is 32.2. The summed E-state index contributed by atoms with van der Waals surface area (Å²) in [6, 6.07) is 18.6. The fourth-order valence-corrected chi connectivity index (χ4v) is 4.97. The summed E-state index contributed by atoms with van der Waals surface area (Å²) in [4.78, 5) is 2.51. The third kappa shape index (κ3) is 5.57. The molecule has 6 heteroatoms. The molecule has 31 heavy (non-hydrogen) atoms. The molecule has 0 amide bonds. The number of hydrogen-bond donors (Lipinski definition) is 0. The molecule has 3 aromatic rings. The van der Waals surface area contributed by atoms with Gasteiger partial charge in [-0.05, 0) is 31.0 Å². The molecule has 1 aromatic heterocycles. The molecule has 2 heterocycles. The largest absolute Gasteiger partial charge is 0.496 e. The van der Waals surface area contributed by atoms with E-state index in [1.54, 1.807) is 18.9 Å². The number of likely N-dealkylation sites (tertiary alicyclic amines) is 1. The lowest BCUT2D eigenvalue weighted by molar-refractivity contribution is 0.222. The molecule has 5 nitrogen and oxygen atoms in total. The zero-order valence-electron chi connectivity index (χ0n) is 18.3. The summed E-state index contributed by atoms with van der Waals surface area (Å²) < 4.78 is 7.63. The summed E-state index contributed by atoms with van der Waals surface area (Å²) in [6.07, 6.45) is 6.75. The molecule has 0 saturated carbocycles. The van der Waals surface area contributed by atoms with Gasteiger partial charge in [0.1, 0.15) is 11.6 Å². The van der Waals surface area contributed by atoms with Crippen LogP contribution in [0.1, 0.15) is 35.7 Å². The molecule has 1 fully saturated rings. The molecule has 1 aliphatic rings. The van der Waals surface area contributed by atoms with Crippen LogP contribution < -0.4 is 4.74 Å². The van der Waals surface area contributed by atoms with Crippen LogP contribution in [0.4, 0.5) is 0 Å². The van der Waals surface area contributed by atoms with Crippen LogP contribution in [0.25, 0.3) is 6.08 Å². The summed E-state index contributed by atoms with van der Waals surface area (Å²) in [7, 11) is 3.82. The van der Waals surface area contributed by atoms with Gasteiger partial charge in [0.25, 0.3) is 0 Å². The monoisotopic (exact) mass is 434 g/mol. The number of methoxy groups -OCH3 is 1. The predicted octanol–water partition coefficient (Wildman–Crippen LogP) is 5.01. The summed E-state index contributed by atoms with van der Waals surface area (Å²) in [6.45, 7) is 3.08. The van der Waals surface area contributed by atoms with E-state index in [4.69, 9.17) is 4.74 Å². The average Bonchev–Trinajstić information content (AvgIpc) is 3.19. The number of benzene rings is 2. The number of aromatic nitrogens is 3. The maximum absolute atomic E-state index is 5.44. The maximum atomic E-state index is 5.44. The van der Waals surface area contributed by atoms with Crippen LogP contribution in [0.15, 0.2) is 65.8 Å². The van der Waals surface area contributed by atoms with Crippen molar-refractivity contribution in [3.63, 3.8) is 0 Å². The van der Waals surface area contributed by atoms with Crippen molar-refractivity contribution in [1.82, 2.24) is 19.7 Å². The number of thioether (sulfide) groups is 1. The van der Waals surface area contributed by atoms with Gasteiger partial charge in [-0.25, -0.2) is 0 Å². The fraction of sp³-hybridized carbons (Fsp3) is 0.360. The van der Waals surface area contributed by atoms with Gasteiger partial charge in [-0.1, -0.05) is 72.4 Å². The molecular formula is C25H30N4OS. The second-order valence-corrected chi connectivity index (χ2v) is 8.86. The van der Waals surface area contributed by atoms with E-state index >= 15 is 0 Å². The molecule has 162 valence electrons. The lowest BCUT2D eigenvalue weighted by Crippen LogP contribution is -2.35. The summed E-state index contributed by atoms with van der Waals surface area (Å²) >= 11 is 1.75. The molecule has 0 bridgehead atoms. The predicted molar refractivity (Wildman–Crippen MR) is 127 cm³/mol. The van der Waals surface area contributed by atoms with Gasteiger partial charge in [0.2, 0.25) is 0 Å². The topological polar surface area (TPSA) is 43.2 Å². The highest BCUT2D eigenvalue weighted by Gasteiger charge is 2.25. The maximum Gasteiger partial charge on any atom is 0.191 e. The summed E-state index contributed by atoms with van der Waals surface area (Å²) in [5.41, 5.74) is 2.43. The Balaban J connectivity index is 1.35. The van der Waals surface area contributed by atoms with Crippen molar-refractivity contribution in [2.45, 2.75) is 29.7 Å². The van der Waals surface area contributed by atoms with E-state index in [2.05, 4.69) is 75.3 Å². The zero-order valence-corrected chi connectivity index (χ0v) is 19.1. The Hall–Kier alpha value is -2.57. The lowest BCUT2D eigenvalue weighted by Gasteiger charge is -2.31. The van der Waals surface area contributed by atoms with E-state index in [0.29, 0.717) is 5.92 Å². The normalized spacial score (nSPS) is 17.3. The number of rotatable bonds is 8. The molecule has 0 aliphatic carbocycles. The average molecular weight is 435 g/mol. The zero-order chi connectivity index (χ0) is 21.5. The number of hydrogen-bond acceptors (Lipinski definition) is 5. The Kier molecular flexibility index (Phi) is 7.43. The van der Waals surface area contributed by atoms with Gasteiger partial charge < -0.3 is 9.30 Å². The quantitative estimate of drug-likeness (QED) is 0.466. The smallest absolute Gasteiger partial charge is 0.191 e. The molecule has 0 spiro atoms. The van der Waals surface area contributed by atoms with Gasteiger partial charge in [0, 0.05) is 37.4 Å². The second-order valence-electron chi connectivity index (χ2n) is 7.92.